The van der Waals surface area contributed by atoms with E-state index in [2.05, 4.69) is 34.6 Å². The highest BCUT2D eigenvalue weighted by Crippen LogP contribution is 2.41. The maximum absolute atomic E-state index is 5.97. The van der Waals surface area contributed by atoms with Gasteiger partial charge in [-0.2, -0.15) is 0 Å². The van der Waals surface area contributed by atoms with Crippen LogP contribution in [0.2, 0.25) is 5.02 Å². The van der Waals surface area contributed by atoms with Gasteiger partial charge in [0.05, 0.1) is 5.69 Å². The van der Waals surface area contributed by atoms with E-state index >= 15 is 0 Å². The summed E-state index contributed by atoms with van der Waals surface area (Å²) >= 11 is 5.97. The number of halogens is 1. The Morgan fingerprint density at radius 3 is 2.60 bits per heavy atom. The zero-order valence-corrected chi connectivity index (χ0v) is 12.4. The maximum Gasteiger partial charge on any atom is 0.0545 e. The van der Waals surface area contributed by atoms with Gasteiger partial charge in [0, 0.05) is 23.3 Å². The summed E-state index contributed by atoms with van der Waals surface area (Å²) in [4.78, 5) is 4.55. The first-order valence-corrected chi connectivity index (χ1v) is 7.51. The van der Waals surface area contributed by atoms with Gasteiger partial charge in [0.15, 0.2) is 0 Å². The number of rotatable bonds is 5. The summed E-state index contributed by atoms with van der Waals surface area (Å²) in [5.41, 5.74) is 3.49. The molecule has 1 N–H and O–H groups in total. The Morgan fingerprint density at radius 1 is 1.20 bits per heavy atom. The lowest BCUT2D eigenvalue weighted by Crippen LogP contribution is -2.23. The third kappa shape index (κ3) is 3.38. The van der Waals surface area contributed by atoms with Crippen LogP contribution in [0.3, 0.4) is 0 Å². The van der Waals surface area contributed by atoms with Gasteiger partial charge in [-0.1, -0.05) is 29.8 Å². The fourth-order valence-corrected chi connectivity index (χ4v) is 2.69. The molecule has 2 nitrogen and oxygen atoms in total. The molecule has 0 bridgehead atoms. The fraction of sp³-hybridized carbons (Fsp3) is 0.353. The van der Waals surface area contributed by atoms with Crippen LogP contribution in [0.5, 0.6) is 0 Å². The van der Waals surface area contributed by atoms with E-state index in [1.54, 1.807) is 0 Å². The van der Waals surface area contributed by atoms with Crippen LogP contribution in [0.15, 0.2) is 42.5 Å². The summed E-state index contributed by atoms with van der Waals surface area (Å²) in [6, 6.07) is 14.8. The van der Waals surface area contributed by atoms with Crippen molar-refractivity contribution in [2.75, 3.05) is 0 Å². The number of hydrogen-bond donors (Lipinski definition) is 1. The number of aryl methyl sites for hydroxylation is 1. The highest BCUT2D eigenvalue weighted by Gasteiger charge is 2.31. The lowest BCUT2D eigenvalue weighted by molar-refractivity contribution is 0.476. The third-order valence-electron chi connectivity index (χ3n) is 3.77. The van der Waals surface area contributed by atoms with Gasteiger partial charge in [-0.3, -0.25) is 4.98 Å². The average Bonchev–Trinajstić information content (AvgIpc) is 3.26. The van der Waals surface area contributed by atoms with Gasteiger partial charge in [0.25, 0.3) is 0 Å². The lowest BCUT2D eigenvalue weighted by Gasteiger charge is -2.19. The third-order valence-corrected chi connectivity index (χ3v) is 4.02. The van der Waals surface area contributed by atoms with Gasteiger partial charge < -0.3 is 5.32 Å². The summed E-state index contributed by atoms with van der Waals surface area (Å²) in [5, 5.41) is 4.45. The first-order chi connectivity index (χ1) is 9.72. The van der Waals surface area contributed by atoms with Gasteiger partial charge in [0.1, 0.15) is 0 Å². The van der Waals surface area contributed by atoms with Gasteiger partial charge >= 0.3 is 0 Å². The van der Waals surface area contributed by atoms with E-state index in [0.717, 1.165) is 28.9 Å². The molecule has 3 heteroatoms. The normalized spacial score (nSPS) is 16.1. The Labute approximate surface area is 125 Å². The second kappa shape index (κ2) is 5.94. The number of nitrogens with one attached hydrogen (secondary N) is 1. The molecular weight excluding hydrogens is 268 g/mol. The molecule has 0 saturated heterocycles. The highest BCUT2D eigenvalue weighted by atomic mass is 35.5. The Kier molecular flexibility index (Phi) is 4.04. The van der Waals surface area contributed by atoms with Crippen molar-refractivity contribution in [3.63, 3.8) is 0 Å². The van der Waals surface area contributed by atoms with E-state index in [4.69, 9.17) is 11.6 Å². The van der Waals surface area contributed by atoms with Crippen LogP contribution in [0.25, 0.3) is 0 Å². The minimum absolute atomic E-state index is 0.412. The number of hydrogen-bond acceptors (Lipinski definition) is 2. The minimum atomic E-state index is 0.412. The summed E-state index contributed by atoms with van der Waals surface area (Å²) in [6.07, 6.45) is 2.61. The monoisotopic (exact) mass is 286 g/mol. The number of aromatic nitrogens is 1. The molecule has 20 heavy (non-hydrogen) atoms. The van der Waals surface area contributed by atoms with Crippen molar-refractivity contribution >= 4 is 11.6 Å². The van der Waals surface area contributed by atoms with E-state index < -0.39 is 0 Å². The van der Waals surface area contributed by atoms with Crippen LogP contribution >= 0.6 is 11.6 Å². The molecule has 0 aliphatic heterocycles. The van der Waals surface area contributed by atoms with Crippen molar-refractivity contribution in [1.82, 2.24) is 10.3 Å². The van der Waals surface area contributed by atoms with Crippen molar-refractivity contribution in [2.24, 2.45) is 5.92 Å². The average molecular weight is 287 g/mol. The number of pyridine rings is 1. The highest BCUT2D eigenvalue weighted by molar-refractivity contribution is 6.30. The van der Waals surface area contributed by atoms with Gasteiger partial charge in [-0.05, 0) is 55.5 Å². The summed E-state index contributed by atoms with van der Waals surface area (Å²) in [5.74, 6) is 0.751. The second-order valence-corrected chi connectivity index (χ2v) is 5.95. The van der Waals surface area contributed by atoms with Gasteiger partial charge in [0.2, 0.25) is 0 Å². The zero-order valence-electron chi connectivity index (χ0n) is 11.6. The quantitative estimate of drug-likeness (QED) is 0.887. The smallest absolute Gasteiger partial charge is 0.0545 e. The van der Waals surface area contributed by atoms with Crippen LogP contribution in [-0.2, 0) is 6.54 Å². The predicted molar refractivity (Wildman–Crippen MR) is 82.7 cm³/mol. The zero-order chi connectivity index (χ0) is 13.9. The van der Waals surface area contributed by atoms with Crippen molar-refractivity contribution in [3.8, 4) is 0 Å². The number of nitrogens with zero attached hydrogens (tertiary/aromatic N) is 1. The second-order valence-electron chi connectivity index (χ2n) is 5.52. The molecule has 0 spiro atoms. The predicted octanol–water partition coefficient (Wildman–Crippen LogP) is 4.28. The lowest BCUT2D eigenvalue weighted by atomic mass is 10.0. The van der Waals surface area contributed by atoms with Crippen LogP contribution in [0.4, 0.5) is 0 Å². The summed E-state index contributed by atoms with van der Waals surface area (Å²) in [7, 11) is 0. The molecule has 1 aromatic carbocycles. The van der Waals surface area contributed by atoms with E-state index in [0.29, 0.717) is 6.04 Å². The molecule has 1 fully saturated rings. The van der Waals surface area contributed by atoms with Crippen molar-refractivity contribution in [1.29, 1.82) is 0 Å². The van der Waals surface area contributed by atoms with Crippen molar-refractivity contribution in [3.05, 3.63) is 64.4 Å². The summed E-state index contributed by atoms with van der Waals surface area (Å²) in [6.45, 7) is 2.84. The number of benzene rings is 1. The molecule has 1 aliphatic rings. The first kappa shape index (κ1) is 13.6. The molecule has 1 unspecified atom stereocenters. The van der Waals surface area contributed by atoms with E-state index in [1.165, 1.54) is 18.4 Å². The van der Waals surface area contributed by atoms with E-state index in [1.807, 2.05) is 25.1 Å². The standard InChI is InChI=1S/C17H19ClN2/c1-12-3-2-4-16(20-12)11-19-17(13-5-6-13)14-7-9-15(18)10-8-14/h2-4,7-10,13,17,19H,5-6,11H2,1H3. The molecule has 3 rings (SSSR count). The minimum Gasteiger partial charge on any atom is -0.304 e. The molecule has 0 radical (unpaired) electrons. The van der Waals surface area contributed by atoms with Crippen LogP contribution < -0.4 is 5.32 Å². The fourth-order valence-electron chi connectivity index (χ4n) is 2.57. The molecule has 1 heterocycles. The van der Waals surface area contributed by atoms with Crippen LogP contribution in [-0.4, -0.2) is 4.98 Å². The molecule has 0 amide bonds. The topological polar surface area (TPSA) is 24.9 Å². The Morgan fingerprint density at radius 2 is 1.95 bits per heavy atom. The van der Waals surface area contributed by atoms with Gasteiger partial charge in [-0.15, -0.1) is 0 Å². The van der Waals surface area contributed by atoms with Crippen LogP contribution in [0.1, 0.15) is 35.8 Å². The van der Waals surface area contributed by atoms with Crippen LogP contribution in [0, 0.1) is 12.8 Å². The van der Waals surface area contributed by atoms with Gasteiger partial charge in [-0.25, -0.2) is 0 Å². The molecular formula is C17H19ClN2. The molecule has 1 aliphatic carbocycles. The Bertz CT molecular complexity index is 576. The SMILES string of the molecule is Cc1cccc(CNC(c2ccc(Cl)cc2)C2CC2)n1. The molecule has 2 aromatic rings. The van der Waals surface area contributed by atoms with E-state index in [9.17, 15) is 0 Å². The first-order valence-electron chi connectivity index (χ1n) is 7.14. The largest absolute Gasteiger partial charge is 0.304 e. The molecule has 1 aromatic heterocycles. The van der Waals surface area contributed by atoms with Crippen molar-refractivity contribution in [2.45, 2.75) is 32.4 Å². The van der Waals surface area contributed by atoms with Crippen molar-refractivity contribution < 1.29 is 0 Å². The molecule has 1 saturated carbocycles. The summed E-state index contributed by atoms with van der Waals surface area (Å²) < 4.78 is 0. The van der Waals surface area contributed by atoms with E-state index in [-0.39, 0.29) is 0 Å². The maximum atomic E-state index is 5.97. The Hall–Kier alpha value is -1.38. The Balaban J connectivity index is 1.70. The molecule has 1 atom stereocenters. The molecule has 104 valence electrons.